The van der Waals surface area contributed by atoms with Crippen molar-refractivity contribution in [2.24, 2.45) is 11.7 Å². The maximum Gasteiger partial charge on any atom is 0.237 e. The van der Waals surface area contributed by atoms with Crippen LogP contribution in [0.5, 0.6) is 11.5 Å². The van der Waals surface area contributed by atoms with Crippen molar-refractivity contribution in [2.75, 3.05) is 27.3 Å². The van der Waals surface area contributed by atoms with Crippen LogP contribution in [0, 0.1) is 5.92 Å². The van der Waals surface area contributed by atoms with Crippen LogP contribution >= 0.6 is 0 Å². The number of fused-ring (bicyclic) bond motifs is 1. The SMILES string of the molecule is COc1ccc(C(=O)C2CCCN(Cc3cn(CC(N)=O)c4ccccc34)C2)cc1OC. The summed E-state index contributed by atoms with van der Waals surface area (Å²) in [5, 5.41) is 1.11. The first-order valence-corrected chi connectivity index (χ1v) is 10.8. The van der Waals surface area contributed by atoms with Crippen molar-refractivity contribution in [3.8, 4) is 11.5 Å². The minimum absolute atomic E-state index is 0.0687. The van der Waals surface area contributed by atoms with Gasteiger partial charge < -0.3 is 19.8 Å². The van der Waals surface area contributed by atoms with Crippen molar-refractivity contribution in [1.82, 2.24) is 9.47 Å². The number of nitrogens with zero attached hydrogens (tertiary/aromatic N) is 2. The number of methoxy groups -OCH3 is 2. The zero-order valence-electron chi connectivity index (χ0n) is 18.5. The first-order chi connectivity index (χ1) is 15.5. The molecule has 0 aliphatic carbocycles. The Morgan fingerprint density at radius 2 is 1.88 bits per heavy atom. The van der Waals surface area contributed by atoms with Crippen LogP contribution in [0.2, 0.25) is 0 Å². The molecule has 7 nitrogen and oxygen atoms in total. The number of Topliss-reactive ketones (excluding diaryl/α,β-unsaturated/α-hetero) is 1. The molecule has 1 fully saturated rings. The lowest BCUT2D eigenvalue weighted by Gasteiger charge is -2.32. The second-order valence-corrected chi connectivity index (χ2v) is 8.27. The van der Waals surface area contributed by atoms with Crippen LogP contribution in [0.3, 0.4) is 0 Å². The molecular formula is C25H29N3O4. The molecule has 0 saturated carbocycles. The lowest BCUT2D eigenvalue weighted by molar-refractivity contribution is -0.118. The highest BCUT2D eigenvalue weighted by Crippen LogP contribution is 2.31. The highest BCUT2D eigenvalue weighted by Gasteiger charge is 2.28. The van der Waals surface area contributed by atoms with Gasteiger partial charge in [0, 0.05) is 41.7 Å². The molecule has 1 aliphatic heterocycles. The summed E-state index contributed by atoms with van der Waals surface area (Å²) in [6.45, 7) is 2.51. The second kappa shape index (κ2) is 9.44. The van der Waals surface area contributed by atoms with E-state index in [0.29, 0.717) is 23.6 Å². The Labute approximate surface area is 187 Å². The summed E-state index contributed by atoms with van der Waals surface area (Å²) in [6.07, 6.45) is 3.84. The number of rotatable bonds is 8. The molecule has 2 heterocycles. The predicted molar refractivity (Wildman–Crippen MR) is 123 cm³/mol. The number of carbonyl (C=O) groups excluding carboxylic acids is 2. The van der Waals surface area contributed by atoms with Crippen molar-refractivity contribution in [3.63, 3.8) is 0 Å². The number of para-hydroxylation sites is 1. The average molecular weight is 436 g/mol. The van der Waals surface area contributed by atoms with Gasteiger partial charge >= 0.3 is 0 Å². The molecule has 1 aliphatic rings. The minimum Gasteiger partial charge on any atom is -0.493 e. The number of aromatic nitrogens is 1. The number of hydrogen-bond acceptors (Lipinski definition) is 5. The number of piperidine rings is 1. The average Bonchev–Trinajstić information content (AvgIpc) is 3.14. The molecular weight excluding hydrogens is 406 g/mol. The lowest BCUT2D eigenvalue weighted by Crippen LogP contribution is -2.38. The van der Waals surface area contributed by atoms with Gasteiger partial charge in [-0.15, -0.1) is 0 Å². The molecule has 1 amide bonds. The Morgan fingerprint density at radius 3 is 2.62 bits per heavy atom. The lowest BCUT2D eigenvalue weighted by atomic mass is 9.89. The third-order valence-corrected chi connectivity index (χ3v) is 6.14. The molecule has 168 valence electrons. The molecule has 1 unspecified atom stereocenters. The van der Waals surface area contributed by atoms with Gasteiger partial charge in [0.05, 0.1) is 14.2 Å². The predicted octanol–water partition coefficient (Wildman–Crippen LogP) is 3.24. The van der Waals surface area contributed by atoms with Crippen molar-refractivity contribution < 1.29 is 19.1 Å². The smallest absolute Gasteiger partial charge is 0.237 e. The van der Waals surface area contributed by atoms with E-state index < -0.39 is 0 Å². The van der Waals surface area contributed by atoms with Gasteiger partial charge in [0.25, 0.3) is 0 Å². The summed E-state index contributed by atoms with van der Waals surface area (Å²) in [5.41, 5.74) is 8.21. The summed E-state index contributed by atoms with van der Waals surface area (Å²) in [7, 11) is 3.15. The first-order valence-electron chi connectivity index (χ1n) is 10.8. The van der Waals surface area contributed by atoms with Gasteiger partial charge in [0.15, 0.2) is 17.3 Å². The third kappa shape index (κ3) is 4.48. The van der Waals surface area contributed by atoms with E-state index in [1.165, 1.54) is 0 Å². The molecule has 1 atom stereocenters. The number of hydrogen-bond donors (Lipinski definition) is 1. The van der Waals surface area contributed by atoms with Crippen molar-refractivity contribution >= 4 is 22.6 Å². The zero-order valence-corrected chi connectivity index (χ0v) is 18.5. The molecule has 4 rings (SSSR count). The normalized spacial score (nSPS) is 16.8. The molecule has 0 bridgehead atoms. The number of benzene rings is 2. The van der Waals surface area contributed by atoms with Crippen LogP contribution in [0.25, 0.3) is 10.9 Å². The maximum atomic E-state index is 13.2. The summed E-state index contributed by atoms with van der Waals surface area (Å²) >= 11 is 0. The van der Waals surface area contributed by atoms with E-state index in [2.05, 4.69) is 11.0 Å². The fourth-order valence-electron chi connectivity index (χ4n) is 4.63. The Hall–Kier alpha value is -3.32. The number of likely N-dealkylation sites (tertiary alicyclic amines) is 1. The van der Waals surface area contributed by atoms with Crippen LogP contribution in [0.1, 0.15) is 28.8 Å². The standard InChI is InChI=1S/C25H29N3O4/c1-31-22-10-9-17(12-23(22)32-2)25(30)18-6-5-11-27(13-18)14-19-15-28(16-24(26)29)21-8-4-3-7-20(19)21/h3-4,7-10,12,15,18H,5-6,11,13-14,16H2,1-2H3,(H2,26,29). The number of nitrogens with two attached hydrogens (primary N) is 1. The largest absolute Gasteiger partial charge is 0.493 e. The molecule has 0 spiro atoms. The Morgan fingerprint density at radius 1 is 1.09 bits per heavy atom. The molecule has 1 saturated heterocycles. The van der Waals surface area contributed by atoms with Crippen LogP contribution < -0.4 is 15.2 Å². The van der Waals surface area contributed by atoms with Gasteiger partial charge in [-0.3, -0.25) is 14.5 Å². The molecule has 0 radical (unpaired) electrons. The van der Waals surface area contributed by atoms with Gasteiger partial charge in [0.2, 0.25) is 5.91 Å². The topological polar surface area (TPSA) is 86.8 Å². The van der Waals surface area contributed by atoms with E-state index in [1.54, 1.807) is 32.4 Å². The fourth-order valence-corrected chi connectivity index (χ4v) is 4.63. The molecule has 3 aromatic rings. The van der Waals surface area contributed by atoms with Crippen molar-refractivity contribution in [1.29, 1.82) is 0 Å². The van der Waals surface area contributed by atoms with E-state index in [0.717, 1.165) is 42.4 Å². The van der Waals surface area contributed by atoms with Gasteiger partial charge in [-0.2, -0.15) is 0 Å². The van der Waals surface area contributed by atoms with E-state index in [4.69, 9.17) is 15.2 Å². The number of carbonyl (C=O) groups is 2. The number of ether oxygens (including phenoxy) is 2. The van der Waals surface area contributed by atoms with Crippen molar-refractivity contribution in [3.05, 3.63) is 59.8 Å². The summed E-state index contributed by atoms with van der Waals surface area (Å²) < 4.78 is 12.6. The monoisotopic (exact) mass is 435 g/mol. The number of primary amides is 1. The van der Waals surface area contributed by atoms with E-state index >= 15 is 0 Å². The number of amides is 1. The fraction of sp³-hybridized carbons (Fsp3) is 0.360. The minimum atomic E-state index is -0.365. The summed E-state index contributed by atoms with van der Waals surface area (Å²) in [4.78, 5) is 27.0. The first kappa shape index (κ1) is 21.9. The van der Waals surface area contributed by atoms with Gasteiger partial charge in [-0.05, 0) is 49.2 Å². The second-order valence-electron chi connectivity index (χ2n) is 8.27. The van der Waals surface area contributed by atoms with Crippen LogP contribution in [-0.4, -0.2) is 48.5 Å². The van der Waals surface area contributed by atoms with E-state index in [1.807, 2.05) is 29.0 Å². The van der Waals surface area contributed by atoms with Gasteiger partial charge in [-0.25, -0.2) is 0 Å². The number of ketones is 1. The Balaban J connectivity index is 1.51. The van der Waals surface area contributed by atoms with Gasteiger partial charge in [-0.1, -0.05) is 18.2 Å². The van der Waals surface area contributed by atoms with E-state index in [9.17, 15) is 9.59 Å². The molecule has 2 N–H and O–H groups in total. The Kier molecular flexibility index (Phi) is 6.46. The van der Waals surface area contributed by atoms with Gasteiger partial charge in [0.1, 0.15) is 6.54 Å². The highest BCUT2D eigenvalue weighted by atomic mass is 16.5. The Bertz CT molecular complexity index is 1140. The summed E-state index contributed by atoms with van der Waals surface area (Å²) in [5.74, 6) is 0.874. The van der Waals surface area contributed by atoms with Crippen LogP contribution in [0.4, 0.5) is 0 Å². The maximum absolute atomic E-state index is 13.2. The third-order valence-electron chi connectivity index (χ3n) is 6.14. The van der Waals surface area contributed by atoms with E-state index in [-0.39, 0.29) is 24.2 Å². The summed E-state index contributed by atoms with van der Waals surface area (Å²) in [6, 6.07) is 13.4. The molecule has 2 aromatic carbocycles. The molecule has 1 aromatic heterocycles. The van der Waals surface area contributed by atoms with Crippen LogP contribution in [-0.2, 0) is 17.9 Å². The zero-order chi connectivity index (χ0) is 22.7. The molecule has 7 heteroatoms. The molecule has 32 heavy (non-hydrogen) atoms. The van der Waals surface area contributed by atoms with Crippen molar-refractivity contribution in [2.45, 2.75) is 25.9 Å². The highest BCUT2D eigenvalue weighted by molar-refractivity contribution is 5.98. The quantitative estimate of drug-likeness (QED) is 0.549. The van der Waals surface area contributed by atoms with Crippen LogP contribution in [0.15, 0.2) is 48.7 Å².